The van der Waals surface area contributed by atoms with Crippen LogP contribution in [0.3, 0.4) is 0 Å². The Morgan fingerprint density at radius 2 is 2.00 bits per heavy atom. The van der Waals surface area contributed by atoms with Gasteiger partial charge < -0.3 is 5.32 Å². The third kappa shape index (κ3) is 2.73. The molecule has 0 radical (unpaired) electrons. The molecule has 5 rings (SSSR count). The summed E-state index contributed by atoms with van der Waals surface area (Å²) in [6.07, 6.45) is 1.38. The molecule has 2 atom stereocenters. The van der Waals surface area contributed by atoms with Crippen molar-refractivity contribution < 1.29 is 4.79 Å². The number of Topliss-reactive ketones (excluding diaryl/α,β-unsaturated/α-hetero) is 1. The predicted molar refractivity (Wildman–Crippen MR) is 109 cm³/mol. The van der Waals surface area contributed by atoms with Crippen molar-refractivity contribution in [1.82, 2.24) is 10.2 Å². The first kappa shape index (κ1) is 16.8. The van der Waals surface area contributed by atoms with Gasteiger partial charge in [-0.2, -0.15) is 5.10 Å². The van der Waals surface area contributed by atoms with Gasteiger partial charge in [-0.05, 0) is 42.5 Å². The summed E-state index contributed by atoms with van der Waals surface area (Å²) in [5.41, 5.74) is 4.99. The first-order valence-electron chi connectivity index (χ1n) is 8.99. The smallest absolute Gasteiger partial charge is 0.162 e. The number of H-pyrrole nitrogens is 1. The molecule has 0 spiro atoms. The topological polar surface area (TPSA) is 57.8 Å². The van der Waals surface area contributed by atoms with Crippen LogP contribution in [0, 0.1) is 6.92 Å². The van der Waals surface area contributed by atoms with Crippen molar-refractivity contribution in [3.8, 4) is 0 Å². The molecule has 3 aromatic rings. The van der Waals surface area contributed by atoms with Gasteiger partial charge in [0, 0.05) is 50.7 Å². The molecule has 0 fully saturated rings. The van der Waals surface area contributed by atoms with E-state index in [-0.39, 0.29) is 17.6 Å². The van der Waals surface area contributed by atoms with Crippen molar-refractivity contribution >= 4 is 34.5 Å². The van der Waals surface area contributed by atoms with E-state index < -0.39 is 0 Å². The maximum absolute atomic E-state index is 13.3. The molecule has 0 unspecified atom stereocenters. The lowest BCUT2D eigenvalue weighted by molar-refractivity contribution is -0.116. The summed E-state index contributed by atoms with van der Waals surface area (Å²) in [5, 5.41) is 13.7. The van der Waals surface area contributed by atoms with Crippen molar-refractivity contribution in [2.24, 2.45) is 0 Å². The highest BCUT2D eigenvalue weighted by atomic mass is 35.5. The molecule has 2 aliphatic rings. The highest BCUT2D eigenvalue weighted by molar-refractivity contribution is 7.10. The van der Waals surface area contributed by atoms with Crippen molar-refractivity contribution in [3.05, 3.63) is 79.8 Å². The van der Waals surface area contributed by atoms with E-state index in [9.17, 15) is 4.79 Å². The number of ketones is 1. The number of thiophene rings is 1. The van der Waals surface area contributed by atoms with E-state index in [1.54, 1.807) is 11.3 Å². The molecule has 0 bridgehead atoms. The molecule has 0 amide bonds. The Labute approximate surface area is 166 Å². The summed E-state index contributed by atoms with van der Waals surface area (Å²) >= 11 is 7.81. The Bertz CT molecular complexity index is 1050. The van der Waals surface area contributed by atoms with E-state index >= 15 is 0 Å². The number of benzene rings is 1. The number of fused-ring (bicyclic) bond motifs is 1. The quantitative estimate of drug-likeness (QED) is 0.611. The molecular formula is C21H18ClN3OS. The van der Waals surface area contributed by atoms with Crippen molar-refractivity contribution in [2.75, 3.05) is 5.32 Å². The van der Waals surface area contributed by atoms with Gasteiger partial charge in [0.05, 0.1) is 0 Å². The Hall–Kier alpha value is -2.37. The van der Waals surface area contributed by atoms with Crippen LogP contribution in [0.4, 0.5) is 5.82 Å². The molecule has 0 saturated heterocycles. The molecule has 3 heterocycles. The Kier molecular flexibility index (Phi) is 3.95. The van der Waals surface area contributed by atoms with Gasteiger partial charge in [0.25, 0.3) is 0 Å². The fourth-order valence-corrected chi connectivity index (χ4v) is 5.23. The number of halogens is 1. The van der Waals surface area contributed by atoms with Crippen LogP contribution >= 0.6 is 22.9 Å². The summed E-state index contributed by atoms with van der Waals surface area (Å²) in [7, 11) is 0. The van der Waals surface area contributed by atoms with E-state index in [0.29, 0.717) is 11.4 Å². The van der Waals surface area contributed by atoms with Crippen LogP contribution < -0.4 is 5.32 Å². The second kappa shape index (κ2) is 6.36. The van der Waals surface area contributed by atoms with E-state index in [2.05, 4.69) is 27.0 Å². The third-order valence-corrected chi connectivity index (χ3v) is 6.78. The number of aryl methyl sites for hydroxylation is 1. The van der Waals surface area contributed by atoms with E-state index in [1.165, 1.54) is 4.88 Å². The molecule has 136 valence electrons. The van der Waals surface area contributed by atoms with Crippen LogP contribution in [0.15, 0.2) is 53.0 Å². The molecule has 6 heteroatoms. The summed E-state index contributed by atoms with van der Waals surface area (Å²) in [4.78, 5) is 14.5. The Balaban J connectivity index is 1.64. The van der Waals surface area contributed by atoms with E-state index in [0.717, 1.165) is 40.3 Å². The standard InChI is InChI=1S/C21H18ClN3OS/c1-11-18-19(12-4-6-14(22)7-5-12)20-15(23-21(18)25-24-11)9-13(10-16(20)26)17-3-2-8-27-17/h2-8,13,19H,9-10H2,1H3,(H2,23,24,25)/t13-,19-/m0/s1. The van der Waals surface area contributed by atoms with Crippen molar-refractivity contribution in [1.29, 1.82) is 0 Å². The largest absolute Gasteiger partial charge is 0.342 e. The van der Waals surface area contributed by atoms with Gasteiger partial charge in [-0.3, -0.25) is 9.89 Å². The maximum Gasteiger partial charge on any atom is 0.162 e. The second-order valence-electron chi connectivity index (χ2n) is 7.16. The fourth-order valence-electron chi connectivity index (χ4n) is 4.27. The van der Waals surface area contributed by atoms with Gasteiger partial charge in [-0.15, -0.1) is 11.3 Å². The molecular weight excluding hydrogens is 378 g/mol. The number of hydrogen-bond acceptors (Lipinski definition) is 4. The van der Waals surface area contributed by atoms with Gasteiger partial charge in [0.2, 0.25) is 0 Å². The fraction of sp³-hybridized carbons (Fsp3) is 0.238. The average Bonchev–Trinajstić information content (AvgIpc) is 3.31. The number of nitrogens with one attached hydrogen (secondary N) is 2. The lowest BCUT2D eigenvalue weighted by atomic mass is 9.73. The van der Waals surface area contributed by atoms with Gasteiger partial charge in [0.15, 0.2) is 11.6 Å². The highest BCUT2D eigenvalue weighted by Crippen LogP contribution is 2.48. The normalized spacial score (nSPS) is 21.6. The zero-order chi connectivity index (χ0) is 18.5. The van der Waals surface area contributed by atoms with Crippen LogP contribution in [0.5, 0.6) is 0 Å². The summed E-state index contributed by atoms with van der Waals surface area (Å²) < 4.78 is 0. The molecule has 1 aliphatic heterocycles. The number of anilines is 1. The number of hydrogen-bond donors (Lipinski definition) is 2. The third-order valence-electron chi connectivity index (χ3n) is 5.50. The first-order valence-corrected chi connectivity index (χ1v) is 10.2. The minimum atomic E-state index is -0.107. The lowest BCUT2D eigenvalue weighted by Gasteiger charge is -2.34. The molecule has 27 heavy (non-hydrogen) atoms. The van der Waals surface area contributed by atoms with Gasteiger partial charge in [-0.25, -0.2) is 0 Å². The zero-order valence-electron chi connectivity index (χ0n) is 14.8. The number of rotatable bonds is 2. The molecule has 1 aromatic carbocycles. The highest BCUT2D eigenvalue weighted by Gasteiger charge is 2.40. The monoisotopic (exact) mass is 395 g/mol. The molecule has 4 nitrogen and oxygen atoms in total. The molecule has 2 N–H and O–H groups in total. The molecule has 1 aliphatic carbocycles. The second-order valence-corrected chi connectivity index (χ2v) is 8.57. The average molecular weight is 396 g/mol. The van der Waals surface area contributed by atoms with E-state index in [1.807, 2.05) is 37.3 Å². The molecule has 2 aromatic heterocycles. The zero-order valence-corrected chi connectivity index (χ0v) is 16.3. The number of carbonyl (C=O) groups excluding carboxylic acids is 1. The molecule has 0 saturated carbocycles. The first-order chi connectivity index (χ1) is 13.1. The number of allylic oxidation sites excluding steroid dienone is 2. The SMILES string of the molecule is Cc1[nH]nc2c1[C@H](c1ccc(Cl)cc1)C1=C(C[C@H](c3cccs3)CC1=O)N2. The Morgan fingerprint density at radius 3 is 2.74 bits per heavy atom. The number of carbonyl (C=O) groups is 1. The summed E-state index contributed by atoms with van der Waals surface area (Å²) in [6, 6.07) is 12.0. The van der Waals surface area contributed by atoms with Crippen molar-refractivity contribution in [3.63, 3.8) is 0 Å². The van der Waals surface area contributed by atoms with Crippen LogP contribution in [-0.4, -0.2) is 16.0 Å². The predicted octanol–water partition coefficient (Wildman–Crippen LogP) is 5.39. The van der Waals surface area contributed by atoms with Crippen molar-refractivity contribution in [2.45, 2.75) is 31.6 Å². The van der Waals surface area contributed by atoms with Gasteiger partial charge >= 0.3 is 0 Å². The summed E-state index contributed by atoms with van der Waals surface area (Å²) in [5.74, 6) is 1.17. The van der Waals surface area contributed by atoms with Gasteiger partial charge in [0.1, 0.15) is 0 Å². The Morgan fingerprint density at radius 1 is 1.19 bits per heavy atom. The number of nitrogens with zero attached hydrogens (tertiary/aromatic N) is 1. The van der Waals surface area contributed by atoms with Crippen LogP contribution in [0.2, 0.25) is 5.02 Å². The minimum absolute atomic E-state index is 0.107. The number of aromatic amines is 1. The van der Waals surface area contributed by atoms with Crippen LogP contribution in [0.25, 0.3) is 0 Å². The number of aromatic nitrogens is 2. The minimum Gasteiger partial charge on any atom is -0.342 e. The van der Waals surface area contributed by atoms with E-state index in [4.69, 9.17) is 11.6 Å². The van der Waals surface area contributed by atoms with Crippen LogP contribution in [-0.2, 0) is 4.79 Å². The lowest BCUT2D eigenvalue weighted by Crippen LogP contribution is -2.29. The van der Waals surface area contributed by atoms with Crippen LogP contribution in [0.1, 0.15) is 46.4 Å². The maximum atomic E-state index is 13.3. The summed E-state index contributed by atoms with van der Waals surface area (Å²) in [6.45, 7) is 2.00. The van der Waals surface area contributed by atoms with Gasteiger partial charge in [-0.1, -0.05) is 29.8 Å².